The van der Waals surface area contributed by atoms with Gasteiger partial charge in [0.1, 0.15) is 0 Å². The lowest BCUT2D eigenvalue weighted by atomic mass is 10.0. The molecule has 3 aromatic rings. The van der Waals surface area contributed by atoms with Gasteiger partial charge in [-0.25, -0.2) is 0 Å². The van der Waals surface area contributed by atoms with Crippen LogP contribution in [0.1, 0.15) is 17.3 Å². The van der Waals surface area contributed by atoms with E-state index in [1.54, 1.807) is 18.2 Å². The third-order valence-corrected chi connectivity index (χ3v) is 4.03. The molecule has 0 aliphatic heterocycles. The SMILES string of the molecule is CC(=O)c1ccccc1NCC(=O)Nc1ccccc1-c1ccccc1. The van der Waals surface area contributed by atoms with Crippen molar-refractivity contribution in [2.45, 2.75) is 6.92 Å². The summed E-state index contributed by atoms with van der Waals surface area (Å²) >= 11 is 0. The Morgan fingerprint density at radius 3 is 2.12 bits per heavy atom. The molecule has 0 aliphatic rings. The Balaban J connectivity index is 1.71. The molecular weight excluding hydrogens is 324 g/mol. The fourth-order valence-electron chi connectivity index (χ4n) is 2.78. The highest BCUT2D eigenvalue weighted by atomic mass is 16.2. The minimum atomic E-state index is -0.174. The normalized spacial score (nSPS) is 10.2. The van der Waals surface area contributed by atoms with Crippen molar-refractivity contribution in [1.82, 2.24) is 0 Å². The van der Waals surface area contributed by atoms with Crippen molar-refractivity contribution in [1.29, 1.82) is 0 Å². The zero-order valence-electron chi connectivity index (χ0n) is 14.5. The first kappa shape index (κ1) is 17.4. The van der Waals surface area contributed by atoms with Gasteiger partial charge in [-0.15, -0.1) is 0 Å². The van der Waals surface area contributed by atoms with Crippen LogP contribution in [0.25, 0.3) is 11.1 Å². The molecule has 0 heterocycles. The highest BCUT2D eigenvalue weighted by Crippen LogP contribution is 2.27. The Bertz CT molecular complexity index is 920. The van der Waals surface area contributed by atoms with Gasteiger partial charge in [0.25, 0.3) is 0 Å². The van der Waals surface area contributed by atoms with Crippen molar-refractivity contribution in [3.05, 3.63) is 84.4 Å². The van der Waals surface area contributed by atoms with Crippen molar-refractivity contribution in [2.75, 3.05) is 17.2 Å². The molecule has 0 aliphatic carbocycles. The van der Waals surface area contributed by atoms with Crippen LogP contribution >= 0.6 is 0 Å². The molecule has 26 heavy (non-hydrogen) atoms. The third kappa shape index (κ3) is 4.16. The average molecular weight is 344 g/mol. The highest BCUT2D eigenvalue weighted by molar-refractivity contribution is 6.01. The molecule has 0 atom stereocenters. The number of ketones is 1. The fourth-order valence-corrected chi connectivity index (χ4v) is 2.78. The van der Waals surface area contributed by atoms with Crippen LogP contribution < -0.4 is 10.6 Å². The summed E-state index contributed by atoms with van der Waals surface area (Å²) in [4.78, 5) is 24.1. The zero-order chi connectivity index (χ0) is 18.4. The van der Waals surface area contributed by atoms with E-state index in [2.05, 4.69) is 10.6 Å². The molecule has 0 spiro atoms. The van der Waals surface area contributed by atoms with Gasteiger partial charge in [-0.2, -0.15) is 0 Å². The van der Waals surface area contributed by atoms with Gasteiger partial charge in [0.05, 0.1) is 6.54 Å². The quantitative estimate of drug-likeness (QED) is 0.642. The van der Waals surface area contributed by atoms with Gasteiger partial charge in [0.15, 0.2) is 5.78 Å². The van der Waals surface area contributed by atoms with E-state index in [0.717, 1.165) is 16.8 Å². The lowest BCUT2D eigenvalue weighted by molar-refractivity contribution is -0.114. The molecule has 0 aromatic heterocycles. The summed E-state index contributed by atoms with van der Waals surface area (Å²) in [6.45, 7) is 1.59. The fraction of sp³-hybridized carbons (Fsp3) is 0.0909. The number of carbonyl (C=O) groups is 2. The van der Waals surface area contributed by atoms with Gasteiger partial charge in [-0.1, -0.05) is 60.7 Å². The number of hydrogen-bond donors (Lipinski definition) is 2. The summed E-state index contributed by atoms with van der Waals surface area (Å²) < 4.78 is 0. The zero-order valence-corrected chi connectivity index (χ0v) is 14.5. The van der Waals surface area contributed by atoms with Crippen LogP contribution in [0.4, 0.5) is 11.4 Å². The van der Waals surface area contributed by atoms with Crippen LogP contribution in [-0.4, -0.2) is 18.2 Å². The van der Waals surface area contributed by atoms with Crippen molar-refractivity contribution in [2.24, 2.45) is 0 Å². The van der Waals surface area contributed by atoms with E-state index >= 15 is 0 Å². The maximum atomic E-state index is 12.4. The largest absolute Gasteiger partial charge is 0.376 e. The van der Waals surface area contributed by atoms with Gasteiger partial charge in [0.2, 0.25) is 5.91 Å². The maximum absolute atomic E-state index is 12.4. The second-order valence-corrected chi connectivity index (χ2v) is 5.92. The van der Waals surface area contributed by atoms with Gasteiger partial charge in [-0.3, -0.25) is 9.59 Å². The minimum absolute atomic E-state index is 0.0390. The van der Waals surface area contributed by atoms with E-state index in [9.17, 15) is 9.59 Å². The maximum Gasteiger partial charge on any atom is 0.243 e. The van der Waals surface area contributed by atoms with Crippen LogP contribution in [-0.2, 0) is 4.79 Å². The molecule has 0 fully saturated rings. The molecule has 0 unspecified atom stereocenters. The monoisotopic (exact) mass is 344 g/mol. The molecule has 3 rings (SSSR count). The summed E-state index contributed by atoms with van der Waals surface area (Å²) in [6.07, 6.45) is 0. The molecule has 0 bridgehead atoms. The molecule has 1 amide bonds. The number of Topliss-reactive ketones (excluding diaryl/α,β-unsaturated/α-hetero) is 1. The summed E-state index contributed by atoms with van der Waals surface area (Å²) in [5.41, 5.74) is 3.99. The number of nitrogens with one attached hydrogen (secondary N) is 2. The summed E-state index contributed by atoms with van der Waals surface area (Å²) in [5, 5.41) is 5.98. The standard InChI is InChI=1S/C22H20N2O2/c1-16(25)18-11-5-7-13-20(18)23-15-22(26)24-21-14-8-6-12-19(21)17-9-3-2-4-10-17/h2-14,23H,15H2,1H3,(H,24,26). The summed E-state index contributed by atoms with van der Waals surface area (Å²) in [7, 11) is 0. The predicted octanol–water partition coefficient (Wildman–Crippen LogP) is 4.61. The van der Waals surface area contributed by atoms with Gasteiger partial charge >= 0.3 is 0 Å². The van der Waals surface area contributed by atoms with Gasteiger partial charge in [0, 0.05) is 22.5 Å². The first-order chi connectivity index (χ1) is 12.6. The second-order valence-electron chi connectivity index (χ2n) is 5.92. The number of hydrogen-bond acceptors (Lipinski definition) is 3. The highest BCUT2D eigenvalue weighted by Gasteiger charge is 2.10. The molecule has 0 saturated heterocycles. The van der Waals surface area contributed by atoms with Crippen molar-refractivity contribution in [3.63, 3.8) is 0 Å². The first-order valence-corrected chi connectivity index (χ1v) is 8.43. The Morgan fingerprint density at radius 2 is 1.38 bits per heavy atom. The molecule has 0 saturated carbocycles. The third-order valence-electron chi connectivity index (χ3n) is 4.03. The Morgan fingerprint density at radius 1 is 0.769 bits per heavy atom. The predicted molar refractivity (Wildman–Crippen MR) is 105 cm³/mol. The van der Waals surface area contributed by atoms with E-state index in [4.69, 9.17) is 0 Å². The number of amides is 1. The topological polar surface area (TPSA) is 58.2 Å². The molecule has 0 radical (unpaired) electrons. The summed E-state index contributed by atoms with van der Waals surface area (Å²) in [5.74, 6) is -0.213. The molecule has 4 nitrogen and oxygen atoms in total. The average Bonchev–Trinajstić information content (AvgIpc) is 2.67. The van der Waals surface area contributed by atoms with Crippen molar-refractivity contribution < 1.29 is 9.59 Å². The van der Waals surface area contributed by atoms with Crippen LogP contribution in [0.5, 0.6) is 0 Å². The molecular formula is C22H20N2O2. The van der Waals surface area contributed by atoms with Crippen LogP contribution in [0.2, 0.25) is 0 Å². The van der Waals surface area contributed by atoms with E-state index in [0.29, 0.717) is 11.3 Å². The van der Waals surface area contributed by atoms with Gasteiger partial charge in [-0.05, 0) is 30.7 Å². The van der Waals surface area contributed by atoms with E-state index in [-0.39, 0.29) is 18.2 Å². The van der Waals surface area contributed by atoms with Crippen LogP contribution in [0.3, 0.4) is 0 Å². The number of rotatable bonds is 6. The molecule has 2 N–H and O–H groups in total. The van der Waals surface area contributed by atoms with E-state index in [1.165, 1.54) is 6.92 Å². The lowest BCUT2D eigenvalue weighted by Crippen LogP contribution is -2.22. The summed E-state index contributed by atoms with van der Waals surface area (Å²) in [6, 6.07) is 24.8. The van der Waals surface area contributed by atoms with Crippen LogP contribution in [0.15, 0.2) is 78.9 Å². The van der Waals surface area contributed by atoms with E-state index < -0.39 is 0 Å². The molecule has 4 heteroatoms. The Labute approximate surface area is 152 Å². The number of carbonyl (C=O) groups excluding carboxylic acids is 2. The van der Waals surface area contributed by atoms with E-state index in [1.807, 2.05) is 60.7 Å². The number of anilines is 2. The smallest absolute Gasteiger partial charge is 0.243 e. The minimum Gasteiger partial charge on any atom is -0.376 e. The Hall–Kier alpha value is -3.40. The Kier molecular flexibility index (Phi) is 5.44. The molecule has 3 aromatic carbocycles. The van der Waals surface area contributed by atoms with Crippen molar-refractivity contribution in [3.8, 4) is 11.1 Å². The van der Waals surface area contributed by atoms with Crippen LogP contribution in [0, 0.1) is 0 Å². The first-order valence-electron chi connectivity index (χ1n) is 8.43. The second kappa shape index (κ2) is 8.12. The van der Waals surface area contributed by atoms with Crippen molar-refractivity contribution >= 4 is 23.1 Å². The molecule has 130 valence electrons. The number of para-hydroxylation sites is 2. The number of benzene rings is 3. The van der Waals surface area contributed by atoms with Gasteiger partial charge < -0.3 is 10.6 Å². The lowest BCUT2D eigenvalue weighted by Gasteiger charge is -2.13.